The summed E-state index contributed by atoms with van der Waals surface area (Å²) >= 11 is 0. The van der Waals surface area contributed by atoms with E-state index in [-0.39, 0.29) is 5.91 Å². The van der Waals surface area contributed by atoms with Crippen molar-refractivity contribution in [3.05, 3.63) is 11.6 Å². The van der Waals surface area contributed by atoms with Crippen LogP contribution in [0.2, 0.25) is 0 Å². The Balaban J connectivity index is 2.51. The van der Waals surface area contributed by atoms with Gasteiger partial charge in [0.2, 0.25) is 5.91 Å². The Morgan fingerprint density at radius 1 is 1.50 bits per heavy atom. The SMILES string of the molecule is CC(=CC(C)N1CCNCC1)C(N)=O. The number of piperazine rings is 1. The van der Waals surface area contributed by atoms with Crippen LogP contribution in [-0.4, -0.2) is 43.0 Å². The maximum absolute atomic E-state index is 10.8. The Labute approximate surface area is 85.1 Å². The second kappa shape index (κ2) is 5.12. The fourth-order valence-corrected chi connectivity index (χ4v) is 1.64. The van der Waals surface area contributed by atoms with Crippen molar-refractivity contribution < 1.29 is 4.79 Å². The lowest BCUT2D eigenvalue weighted by molar-refractivity contribution is -0.114. The van der Waals surface area contributed by atoms with Crippen LogP contribution in [0.25, 0.3) is 0 Å². The van der Waals surface area contributed by atoms with E-state index in [4.69, 9.17) is 5.73 Å². The molecule has 0 aromatic rings. The number of amides is 1. The van der Waals surface area contributed by atoms with Crippen LogP contribution >= 0.6 is 0 Å². The van der Waals surface area contributed by atoms with Crippen LogP contribution in [0.3, 0.4) is 0 Å². The van der Waals surface area contributed by atoms with Crippen LogP contribution in [0.5, 0.6) is 0 Å². The smallest absolute Gasteiger partial charge is 0.244 e. The number of hydrogen-bond donors (Lipinski definition) is 2. The first kappa shape index (κ1) is 11.2. The van der Waals surface area contributed by atoms with Crippen molar-refractivity contribution in [1.29, 1.82) is 0 Å². The van der Waals surface area contributed by atoms with Gasteiger partial charge in [0.05, 0.1) is 0 Å². The molecule has 4 heteroatoms. The molecule has 0 aromatic heterocycles. The molecule has 0 spiro atoms. The van der Waals surface area contributed by atoms with E-state index in [0.29, 0.717) is 11.6 Å². The zero-order valence-corrected chi connectivity index (χ0v) is 8.92. The normalized spacial score (nSPS) is 22.0. The molecule has 0 saturated carbocycles. The number of primary amides is 1. The number of hydrogen-bond acceptors (Lipinski definition) is 3. The highest BCUT2D eigenvalue weighted by atomic mass is 16.1. The fraction of sp³-hybridized carbons (Fsp3) is 0.700. The van der Waals surface area contributed by atoms with Crippen molar-refractivity contribution in [2.24, 2.45) is 5.73 Å². The second-order valence-electron chi connectivity index (χ2n) is 3.74. The van der Waals surface area contributed by atoms with Gasteiger partial charge in [-0.05, 0) is 13.8 Å². The zero-order valence-electron chi connectivity index (χ0n) is 8.92. The van der Waals surface area contributed by atoms with Gasteiger partial charge in [0.1, 0.15) is 0 Å². The largest absolute Gasteiger partial charge is 0.366 e. The average Bonchev–Trinajstić information content (AvgIpc) is 2.19. The number of carbonyl (C=O) groups excluding carboxylic acids is 1. The summed E-state index contributed by atoms with van der Waals surface area (Å²) in [5, 5.41) is 3.29. The molecule has 1 aliphatic heterocycles. The molecule has 1 fully saturated rings. The topological polar surface area (TPSA) is 58.4 Å². The van der Waals surface area contributed by atoms with E-state index in [2.05, 4.69) is 17.1 Å². The van der Waals surface area contributed by atoms with E-state index in [1.54, 1.807) is 6.92 Å². The number of nitrogens with two attached hydrogens (primary N) is 1. The third kappa shape index (κ3) is 3.12. The molecule has 1 unspecified atom stereocenters. The highest BCUT2D eigenvalue weighted by Gasteiger charge is 2.14. The summed E-state index contributed by atoms with van der Waals surface area (Å²) in [6, 6.07) is 0.296. The first-order valence-corrected chi connectivity index (χ1v) is 5.04. The fourth-order valence-electron chi connectivity index (χ4n) is 1.64. The molecule has 0 bridgehead atoms. The molecular weight excluding hydrogens is 178 g/mol. The minimum Gasteiger partial charge on any atom is -0.366 e. The van der Waals surface area contributed by atoms with Gasteiger partial charge >= 0.3 is 0 Å². The Morgan fingerprint density at radius 2 is 2.07 bits per heavy atom. The molecule has 1 atom stereocenters. The van der Waals surface area contributed by atoms with Gasteiger partial charge < -0.3 is 11.1 Å². The molecule has 3 N–H and O–H groups in total. The standard InChI is InChI=1S/C10H19N3O/c1-8(10(11)14)7-9(2)13-5-3-12-4-6-13/h7,9,12H,3-6H2,1-2H3,(H2,11,14). The number of carbonyl (C=O) groups is 1. The summed E-state index contributed by atoms with van der Waals surface area (Å²) in [5.74, 6) is -0.327. The van der Waals surface area contributed by atoms with E-state index >= 15 is 0 Å². The van der Waals surface area contributed by atoms with Gasteiger partial charge in [-0.25, -0.2) is 0 Å². The molecule has 1 saturated heterocycles. The van der Waals surface area contributed by atoms with Gasteiger partial charge in [0, 0.05) is 37.8 Å². The van der Waals surface area contributed by atoms with Crippen LogP contribution in [0.1, 0.15) is 13.8 Å². The molecule has 0 aromatic carbocycles. The maximum atomic E-state index is 10.8. The lowest BCUT2D eigenvalue weighted by Crippen LogP contribution is -2.47. The van der Waals surface area contributed by atoms with E-state index in [1.165, 1.54) is 0 Å². The predicted octanol–water partition coefficient (Wildman–Crippen LogP) is -0.288. The first-order valence-electron chi connectivity index (χ1n) is 5.04. The van der Waals surface area contributed by atoms with Crippen molar-refractivity contribution in [2.45, 2.75) is 19.9 Å². The molecule has 1 rings (SSSR count). The lowest BCUT2D eigenvalue weighted by Gasteiger charge is -2.31. The number of nitrogens with zero attached hydrogens (tertiary/aromatic N) is 1. The van der Waals surface area contributed by atoms with Crippen LogP contribution < -0.4 is 11.1 Å². The molecule has 0 aliphatic carbocycles. The Hall–Kier alpha value is -0.870. The summed E-state index contributed by atoms with van der Waals surface area (Å²) in [6.07, 6.45) is 1.94. The predicted molar refractivity (Wildman–Crippen MR) is 56.9 cm³/mol. The van der Waals surface area contributed by atoms with E-state index in [1.807, 2.05) is 6.08 Å². The first-order chi connectivity index (χ1) is 6.61. The summed E-state index contributed by atoms with van der Waals surface area (Å²) in [6.45, 7) is 7.97. The van der Waals surface area contributed by atoms with Gasteiger partial charge in [0.15, 0.2) is 0 Å². The average molecular weight is 197 g/mol. The minimum absolute atomic E-state index is 0.296. The highest BCUT2D eigenvalue weighted by Crippen LogP contribution is 2.05. The zero-order chi connectivity index (χ0) is 10.6. The number of rotatable bonds is 3. The van der Waals surface area contributed by atoms with Crippen LogP contribution in [0.4, 0.5) is 0 Å². The van der Waals surface area contributed by atoms with Crippen LogP contribution in [0, 0.1) is 0 Å². The molecular formula is C10H19N3O. The molecule has 80 valence electrons. The monoisotopic (exact) mass is 197 g/mol. The van der Waals surface area contributed by atoms with Crippen LogP contribution in [0.15, 0.2) is 11.6 Å². The minimum atomic E-state index is -0.327. The molecule has 0 radical (unpaired) electrons. The van der Waals surface area contributed by atoms with Gasteiger partial charge in [-0.2, -0.15) is 0 Å². The summed E-state index contributed by atoms with van der Waals surface area (Å²) in [7, 11) is 0. The molecule has 1 aliphatic rings. The van der Waals surface area contributed by atoms with E-state index < -0.39 is 0 Å². The van der Waals surface area contributed by atoms with Crippen molar-refractivity contribution in [1.82, 2.24) is 10.2 Å². The third-order valence-corrected chi connectivity index (χ3v) is 2.61. The van der Waals surface area contributed by atoms with E-state index in [9.17, 15) is 4.79 Å². The van der Waals surface area contributed by atoms with Gasteiger partial charge in [0.25, 0.3) is 0 Å². The Kier molecular flexibility index (Phi) is 4.10. The van der Waals surface area contributed by atoms with Crippen molar-refractivity contribution in [2.75, 3.05) is 26.2 Å². The van der Waals surface area contributed by atoms with Gasteiger partial charge in [-0.1, -0.05) is 6.08 Å². The van der Waals surface area contributed by atoms with Crippen molar-refractivity contribution in [3.8, 4) is 0 Å². The number of nitrogens with one attached hydrogen (secondary N) is 1. The highest BCUT2D eigenvalue weighted by molar-refractivity contribution is 5.91. The van der Waals surface area contributed by atoms with Crippen molar-refractivity contribution >= 4 is 5.91 Å². The van der Waals surface area contributed by atoms with E-state index in [0.717, 1.165) is 26.2 Å². The Morgan fingerprint density at radius 3 is 2.57 bits per heavy atom. The second-order valence-corrected chi connectivity index (χ2v) is 3.74. The molecule has 1 heterocycles. The van der Waals surface area contributed by atoms with Gasteiger partial charge in [-0.3, -0.25) is 9.69 Å². The maximum Gasteiger partial charge on any atom is 0.244 e. The summed E-state index contributed by atoms with van der Waals surface area (Å²) in [5.41, 5.74) is 5.82. The lowest BCUT2D eigenvalue weighted by atomic mass is 10.1. The van der Waals surface area contributed by atoms with Crippen molar-refractivity contribution in [3.63, 3.8) is 0 Å². The summed E-state index contributed by atoms with van der Waals surface area (Å²) < 4.78 is 0. The third-order valence-electron chi connectivity index (χ3n) is 2.61. The molecule has 4 nitrogen and oxygen atoms in total. The van der Waals surface area contributed by atoms with Crippen LogP contribution in [-0.2, 0) is 4.79 Å². The Bertz CT molecular complexity index is 232. The summed E-state index contributed by atoms with van der Waals surface area (Å²) in [4.78, 5) is 13.2. The van der Waals surface area contributed by atoms with Gasteiger partial charge in [-0.15, -0.1) is 0 Å². The molecule has 14 heavy (non-hydrogen) atoms. The quantitative estimate of drug-likeness (QED) is 0.611. The molecule has 1 amide bonds.